The number of benzene rings is 1. The monoisotopic (exact) mass is 311 g/mol. The molecule has 3 N–H and O–H groups in total. The molecule has 9 heteroatoms. The molecule has 0 saturated heterocycles. The lowest BCUT2D eigenvalue weighted by molar-refractivity contribution is 0.0954. The average molecular weight is 311 g/mol. The molecular weight excluding hydrogens is 294 g/mol. The maximum atomic E-state index is 11.9. The van der Waals surface area contributed by atoms with Gasteiger partial charge in [-0.05, 0) is 18.2 Å². The highest BCUT2D eigenvalue weighted by atomic mass is 32.2. The molecule has 114 valence electrons. The summed E-state index contributed by atoms with van der Waals surface area (Å²) in [5, 5.41) is 2.65. The van der Waals surface area contributed by atoms with E-state index in [4.69, 9.17) is 0 Å². The number of aromatic nitrogens is 2. The second kappa shape index (κ2) is 6.20. The molecule has 8 nitrogen and oxygen atoms in total. The molecule has 21 heavy (non-hydrogen) atoms. The van der Waals surface area contributed by atoms with Gasteiger partial charge in [-0.3, -0.25) is 4.79 Å². The number of H-pyrrole nitrogens is 1. The maximum Gasteiger partial charge on any atom is 0.278 e. The minimum absolute atomic E-state index is 0.124. The molecule has 0 saturated carbocycles. The van der Waals surface area contributed by atoms with Crippen molar-refractivity contribution in [3.63, 3.8) is 0 Å². The van der Waals surface area contributed by atoms with Crippen LogP contribution in [0.4, 0.5) is 0 Å². The number of carbonyl (C=O) groups excluding carboxylic acids is 1. The molecule has 0 radical (unpaired) electrons. The van der Waals surface area contributed by atoms with Crippen LogP contribution in [-0.2, 0) is 10.2 Å². The number of rotatable bonds is 6. The van der Waals surface area contributed by atoms with Crippen molar-refractivity contribution in [3.05, 3.63) is 30.1 Å². The van der Waals surface area contributed by atoms with Crippen molar-refractivity contribution in [3.8, 4) is 0 Å². The van der Waals surface area contributed by atoms with Crippen molar-refractivity contribution in [2.45, 2.75) is 0 Å². The molecule has 0 aliphatic carbocycles. The highest BCUT2D eigenvalue weighted by molar-refractivity contribution is 7.87. The van der Waals surface area contributed by atoms with Gasteiger partial charge in [-0.2, -0.15) is 12.7 Å². The first-order valence-corrected chi connectivity index (χ1v) is 7.72. The summed E-state index contributed by atoms with van der Waals surface area (Å²) < 4.78 is 26.3. The van der Waals surface area contributed by atoms with Crippen molar-refractivity contribution < 1.29 is 13.2 Å². The summed E-state index contributed by atoms with van der Waals surface area (Å²) in [6.45, 7) is 0.325. The molecule has 1 heterocycles. The van der Waals surface area contributed by atoms with Crippen LogP contribution in [0.1, 0.15) is 10.4 Å². The fourth-order valence-electron chi connectivity index (χ4n) is 1.66. The number of amides is 1. The summed E-state index contributed by atoms with van der Waals surface area (Å²) in [6, 6.07) is 5.11. The number of carbonyl (C=O) groups is 1. The third-order valence-electron chi connectivity index (χ3n) is 2.86. The number of imidazole rings is 1. The number of nitrogens with zero attached hydrogens (tertiary/aromatic N) is 2. The van der Waals surface area contributed by atoms with Gasteiger partial charge >= 0.3 is 0 Å². The normalized spacial score (nSPS) is 12.0. The predicted molar refractivity (Wildman–Crippen MR) is 79.0 cm³/mol. The van der Waals surface area contributed by atoms with Crippen molar-refractivity contribution in [1.29, 1.82) is 0 Å². The van der Waals surface area contributed by atoms with Gasteiger partial charge in [0.25, 0.3) is 16.1 Å². The van der Waals surface area contributed by atoms with E-state index in [9.17, 15) is 13.2 Å². The molecule has 2 aromatic rings. The van der Waals surface area contributed by atoms with Gasteiger partial charge in [0.15, 0.2) is 0 Å². The maximum absolute atomic E-state index is 11.9. The lowest BCUT2D eigenvalue weighted by Crippen LogP contribution is -2.40. The summed E-state index contributed by atoms with van der Waals surface area (Å²) in [5.74, 6) is -0.268. The molecule has 1 aromatic carbocycles. The molecule has 0 atom stereocenters. The van der Waals surface area contributed by atoms with Crippen molar-refractivity contribution in [2.75, 3.05) is 27.2 Å². The third-order valence-corrected chi connectivity index (χ3v) is 4.39. The van der Waals surface area contributed by atoms with E-state index < -0.39 is 10.2 Å². The van der Waals surface area contributed by atoms with Crippen LogP contribution < -0.4 is 10.0 Å². The Labute approximate surface area is 122 Å². The molecule has 0 unspecified atom stereocenters. The standard InChI is InChI=1S/C12H17N5O3S/c1-17(2)21(19,20)16-6-5-13-12(18)9-3-4-10-11(7-9)15-8-14-10/h3-4,7-8,16H,5-6H2,1-2H3,(H,13,18)(H,14,15). The van der Waals surface area contributed by atoms with Crippen LogP contribution in [0.15, 0.2) is 24.5 Å². The zero-order chi connectivity index (χ0) is 15.5. The Morgan fingerprint density at radius 3 is 2.81 bits per heavy atom. The molecule has 0 aliphatic heterocycles. The average Bonchev–Trinajstić information content (AvgIpc) is 2.90. The molecule has 1 aromatic heterocycles. The Bertz CT molecular complexity index is 738. The summed E-state index contributed by atoms with van der Waals surface area (Å²) in [7, 11) is -0.601. The van der Waals surface area contributed by atoms with Gasteiger partial charge in [0.05, 0.1) is 17.4 Å². The Morgan fingerprint density at radius 2 is 2.10 bits per heavy atom. The molecule has 0 bridgehead atoms. The van der Waals surface area contributed by atoms with E-state index in [1.807, 2.05) is 0 Å². The largest absolute Gasteiger partial charge is 0.351 e. The van der Waals surface area contributed by atoms with Crippen LogP contribution in [0.5, 0.6) is 0 Å². The molecule has 0 fully saturated rings. The van der Waals surface area contributed by atoms with Gasteiger partial charge in [0.2, 0.25) is 0 Å². The summed E-state index contributed by atoms with van der Waals surface area (Å²) in [5.41, 5.74) is 2.04. The van der Waals surface area contributed by atoms with Crippen molar-refractivity contribution in [2.24, 2.45) is 0 Å². The van der Waals surface area contributed by atoms with E-state index in [1.54, 1.807) is 24.5 Å². The zero-order valence-corrected chi connectivity index (χ0v) is 12.6. The number of nitrogens with one attached hydrogen (secondary N) is 3. The SMILES string of the molecule is CN(C)S(=O)(=O)NCCNC(=O)c1ccc2nc[nH]c2c1. The van der Waals surface area contributed by atoms with Crippen LogP contribution in [0, 0.1) is 0 Å². The van der Waals surface area contributed by atoms with Gasteiger partial charge in [0.1, 0.15) is 0 Å². The first-order chi connectivity index (χ1) is 9.90. The first-order valence-electron chi connectivity index (χ1n) is 6.28. The topological polar surface area (TPSA) is 107 Å². The van der Waals surface area contributed by atoms with Crippen LogP contribution in [-0.4, -0.2) is 55.8 Å². The molecule has 0 aliphatic rings. The quantitative estimate of drug-likeness (QED) is 0.636. The van der Waals surface area contributed by atoms with Crippen LogP contribution in [0.2, 0.25) is 0 Å². The Balaban J connectivity index is 1.87. The summed E-state index contributed by atoms with van der Waals surface area (Å²) in [6.07, 6.45) is 1.56. The lowest BCUT2D eigenvalue weighted by atomic mass is 10.2. The highest BCUT2D eigenvalue weighted by Gasteiger charge is 2.12. The van der Waals surface area contributed by atoms with Gasteiger partial charge in [-0.25, -0.2) is 9.71 Å². The number of fused-ring (bicyclic) bond motifs is 1. The van der Waals surface area contributed by atoms with E-state index in [0.717, 1.165) is 15.3 Å². The van der Waals surface area contributed by atoms with Crippen LogP contribution >= 0.6 is 0 Å². The number of hydrogen-bond donors (Lipinski definition) is 3. The van der Waals surface area contributed by atoms with E-state index in [1.165, 1.54) is 14.1 Å². The first kappa shape index (κ1) is 15.4. The van der Waals surface area contributed by atoms with Gasteiger partial charge < -0.3 is 10.3 Å². The molecule has 1 amide bonds. The fraction of sp³-hybridized carbons (Fsp3) is 0.333. The second-order valence-corrected chi connectivity index (χ2v) is 6.54. The fourth-order valence-corrected chi connectivity index (χ4v) is 2.28. The second-order valence-electron chi connectivity index (χ2n) is 4.57. The minimum Gasteiger partial charge on any atom is -0.351 e. The third kappa shape index (κ3) is 3.78. The van der Waals surface area contributed by atoms with E-state index >= 15 is 0 Å². The predicted octanol–water partition coefficient (Wildman–Crippen LogP) is -0.311. The Hall–Kier alpha value is -1.97. The van der Waals surface area contributed by atoms with Gasteiger partial charge in [0, 0.05) is 32.7 Å². The summed E-state index contributed by atoms with van der Waals surface area (Å²) >= 11 is 0. The highest BCUT2D eigenvalue weighted by Crippen LogP contribution is 2.11. The smallest absolute Gasteiger partial charge is 0.278 e. The van der Waals surface area contributed by atoms with E-state index in [0.29, 0.717) is 5.56 Å². The van der Waals surface area contributed by atoms with Crippen LogP contribution in [0.25, 0.3) is 11.0 Å². The van der Waals surface area contributed by atoms with Crippen molar-refractivity contribution in [1.82, 2.24) is 24.3 Å². The minimum atomic E-state index is -3.46. The van der Waals surface area contributed by atoms with E-state index in [2.05, 4.69) is 20.0 Å². The number of aromatic amines is 1. The zero-order valence-electron chi connectivity index (χ0n) is 11.8. The summed E-state index contributed by atoms with van der Waals surface area (Å²) in [4.78, 5) is 18.9. The van der Waals surface area contributed by atoms with Gasteiger partial charge in [-0.15, -0.1) is 0 Å². The Morgan fingerprint density at radius 1 is 1.33 bits per heavy atom. The Kier molecular flexibility index (Phi) is 4.56. The van der Waals surface area contributed by atoms with Gasteiger partial charge in [-0.1, -0.05) is 0 Å². The molecule has 0 spiro atoms. The number of hydrogen-bond acceptors (Lipinski definition) is 4. The van der Waals surface area contributed by atoms with Crippen LogP contribution in [0.3, 0.4) is 0 Å². The van der Waals surface area contributed by atoms with Crippen molar-refractivity contribution >= 4 is 27.1 Å². The molecular formula is C12H17N5O3S. The molecule has 2 rings (SSSR count). The van der Waals surface area contributed by atoms with E-state index in [-0.39, 0.29) is 19.0 Å². The lowest BCUT2D eigenvalue weighted by Gasteiger charge is -2.12.